The average molecular weight is 532 g/mol. The molecule has 1 saturated heterocycles. The third-order valence-corrected chi connectivity index (χ3v) is 6.58. The Labute approximate surface area is 227 Å². The molecule has 204 valence electrons. The minimum Gasteiger partial charge on any atom is -0.444 e. The van der Waals surface area contributed by atoms with E-state index in [0.717, 1.165) is 22.2 Å². The molecule has 0 radical (unpaired) electrons. The maximum atomic E-state index is 14.9. The highest BCUT2D eigenvalue weighted by Crippen LogP contribution is 2.33. The first-order chi connectivity index (χ1) is 18.6. The number of hydrogen-bond donors (Lipinski definition) is 1. The molecule has 1 fully saturated rings. The summed E-state index contributed by atoms with van der Waals surface area (Å²) in [6.07, 6.45) is 4.61. The van der Waals surface area contributed by atoms with E-state index in [9.17, 15) is 9.18 Å². The van der Waals surface area contributed by atoms with E-state index < -0.39 is 11.4 Å². The lowest BCUT2D eigenvalue weighted by Gasteiger charge is -2.36. The molecule has 3 aromatic heterocycles. The van der Waals surface area contributed by atoms with Gasteiger partial charge in [-0.3, -0.25) is 0 Å². The molecule has 1 amide bonds. The van der Waals surface area contributed by atoms with Crippen molar-refractivity contribution in [1.29, 1.82) is 0 Å². The molecular weight excluding hydrogens is 497 g/mol. The van der Waals surface area contributed by atoms with Gasteiger partial charge in [0.15, 0.2) is 5.82 Å². The van der Waals surface area contributed by atoms with Gasteiger partial charge < -0.3 is 24.4 Å². The molecule has 4 heterocycles. The van der Waals surface area contributed by atoms with Crippen LogP contribution >= 0.6 is 0 Å². The smallest absolute Gasteiger partial charge is 0.410 e. The Morgan fingerprint density at radius 3 is 2.44 bits per heavy atom. The van der Waals surface area contributed by atoms with Crippen molar-refractivity contribution in [2.75, 3.05) is 36.4 Å². The molecule has 0 spiro atoms. The van der Waals surface area contributed by atoms with Gasteiger partial charge in [-0.1, -0.05) is 18.2 Å². The predicted molar refractivity (Wildman–Crippen MR) is 151 cm³/mol. The number of benzene rings is 1. The van der Waals surface area contributed by atoms with Crippen LogP contribution < -0.4 is 10.2 Å². The van der Waals surface area contributed by atoms with Gasteiger partial charge in [-0.2, -0.15) is 0 Å². The van der Waals surface area contributed by atoms with E-state index in [2.05, 4.69) is 43.6 Å². The number of ether oxygens (including phenoxy) is 1. The second-order valence-corrected chi connectivity index (χ2v) is 10.9. The number of piperazine rings is 1. The molecule has 1 aliphatic rings. The summed E-state index contributed by atoms with van der Waals surface area (Å²) in [6, 6.07) is 11.9. The lowest BCUT2D eigenvalue weighted by Crippen LogP contribution is -2.50. The van der Waals surface area contributed by atoms with E-state index >= 15 is 0 Å². The minimum absolute atomic E-state index is 0.217. The standard InChI is InChI=1S/C29H34FN7O2/c1-19(2)37-18-22(21-8-6-7-9-24(21)37)26-23(30)17-32-27(34-26)33-25-11-10-20(16-31-25)35-12-14-36(15-13-35)28(38)39-29(3,4)5/h6-11,16-19H,12-15H2,1-5H3,(H,31,32,33,34). The molecule has 0 bridgehead atoms. The largest absolute Gasteiger partial charge is 0.444 e. The number of pyridine rings is 1. The van der Waals surface area contributed by atoms with Gasteiger partial charge in [0.2, 0.25) is 5.95 Å². The summed E-state index contributed by atoms with van der Waals surface area (Å²) in [5.74, 6) is 0.327. The molecule has 9 nitrogen and oxygen atoms in total. The highest BCUT2D eigenvalue weighted by atomic mass is 19.1. The Balaban J connectivity index is 1.29. The van der Waals surface area contributed by atoms with Gasteiger partial charge in [0.05, 0.1) is 18.1 Å². The Morgan fingerprint density at radius 2 is 1.77 bits per heavy atom. The highest BCUT2D eigenvalue weighted by Gasteiger charge is 2.26. The van der Waals surface area contributed by atoms with E-state index in [1.165, 1.54) is 6.20 Å². The van der Waals surface area contributed by atoms with Crippen molar-refractivity contribution >= 4 is 34.4 Å². The van der Waals surface area contributed by atoms with Gasteiger partial charge in [0.1, 0.15) is 17.1 Å². The molecule has 0 unspecified atom stereocenters. The minimum atomic E-state index is -0.511. The SMILES string of the molecule is CC(C)n1cc(-c2nc(Nc3ccc(N4CCN(C(=O)OC(C)(C)C)CC4)cn3)ncc2F)c2ccccc21. The third-order valence-electron chi connectivity index (χ3n) is 6.58. The van der Waals surface area contributed by atoms with E-state index in [1.54, 1.807) is 11.1 Å². The maximum absolute atomic E-state index is 14.9. The van der Waals surface area contributed by atoms with Crippen LogP contribution in [0.2, 0.25) is 0 Å². The summed E-state index contributed by atoms with van der Waals surface area (Å²) in [5, 5.41) is 4.03. The van der Waals surface area contributed by atoms with E-state index in [-0.39, 0.29) is 23.8 Å². The van der Waals surface area contributed by atoms with Crippen molar-refractivity contribution in [3.8, 4) is 11.3 Å². The van der Waals surface area contributed by atoms with Gasteiger partial charge in [-0.25, -0.2) is 24.1 Å². The number of nitrogens with one attached hydrogen (secondary N) is 1. The fraction of sp³-hybridized carbons (Fsp3) is 0.379. The Bertz CT molecular complexity index is 1470. The number of rotatable bonds is 5. The van der Waals surface area contributed by atoms with Crippen LogP contribution in [0.15, 0.2) is 55.0 Å². The predicted octanol–water partition coefficient (Wildman–Crippen LogP) is 6.01. The molecule has 1 aromatic carbocycles. The molecule has 0 atom stereocenters. The molecule has 5 rings (SSSR count). The summed E-state index contributed by atoms with van der Waals surface area (Å²) in [7, 11) is 0. The monoisotopic (exact) mass is 531 g/mol. The lowest BCUT2D eigenvalue weighted by atomic mass is 10.1. The fourth-order valence-corrected chi connectivity index (χ4v) is 4.67. The zero-order valence-corrected chi connectivity index (χ0v) is 23.0. The number of aromatic nitrogens is 4. The van der Waals surface area contributed by atoms with Crippen LogP contribution in [0.4, 0.5) is 26.6 Å². The van der Waals surface area contributed by atoms with Crippen LogP contribution in [-0.2, 0) is 4.74 Å². The van der Waals surface area contributed by atoms with Crippen molar-refractivity contribution in [3.63, 3.8) is 0 Å². The molecule has 39 heavy (non-hydrogen) atoms. The number of hydrogen-bond acceptors (Lipinski definition) is 7. The normalized spacial score (nSPS) is 14.2. The van der Waals surface area contributed by atoms with E-state index in [1.807, 2.05) is 63.4 Å². The van der Waals surface area contributed by atoms with Gasteiger partial charge in [0.25, 0.3) is 0 Å². The fourth-order valence-electron chi connectivity index (χ4n) is 4.67. The first kappa shape index (κ1) is 26.4. The van der Waals surface area contributed by atoms with Crippen LogP contribution in [0.3, 0.4) is 0 Å². The molecule has 1 N–H and O–H groups in total. The molecule has 10 heteroatoms. The number of para-hydroxylation sites is 1. The van der Waals surface area contributed by atoms with Crippen molar-refractivity contribution < 1.29 is 13.9 Å². The number of anilines is 3. The van der Waals surface area contributed by atoms with Crippen LogP contribution in [0.1, 0.15) is 40.7 Å². The number of carbonyl (C=O) groups excluding carboxylic acids is 1. The number of fused-ring (bicyclic) bond motifs is 1. The van der Waals surface area contributed by atoms with Crippen molar-refractivity contribution in [2.24, 2.45) is 0 Å². The zero-order chi connectivity index (χ0) is 27.7. The number of nitrogens with zero attached hydrogens (tertiary/aromatic N) is 6. The number of carbonyl (C=O) groups is 1. The van der Waals surface area contributed by atoms with Gasteiger partial charge in [0, 0.05) is 54.9 Å². The summed E-state index contributed by atoms with van der Waals surface area (Å²) >= 11 is 0. The van der Waals surface area contributed by atoms with Crippen LogP contribution in [0, 0.1) is 5.82 Å². The quantitative estimate of drug-likeness (QED) is 0.337. The second kappa shape index (κ2) is 10.5. The lowest BCUT2D eigenvalue weighted by molar-refractivity contribution is 0.0240. The first-order valence-electron chi connectivity index (χ1n) is 13.2. The number of amides is 1. The summed E-state index contributed by atoms with van der Waals surface area (Å²) in [5.41, 5.74) is 2.42. The molecular formula is C29H34FN7O2. The zero-order valence-electron chi connectivity index (χ0n) is 23.0. The summed E-state index contributed by atoms with van der Waals surface area (Å²) in [6.45, 7) is 12.3. The van der Waals surface area contributed by atoms with Crippen LogP contribution in [0.5, 0.6) is 0 Å². The number of halogens is 1. The van der Waals surface area contributed by atoms with E-state index in [0.29, 0.717) is 32.0 Å². The molecule has 1 aliphatic heterocycles. The van der Waals surface area contributed by atoms with Crippen LogP contribution in [0.25, 0.3) is 22.2 Å². The molecule has 0 aliphatic carbocycles. The second-order valence-electron chi connectivity index (χ2n) is 10.9. The van der Waals surface area contributed by atoms with Crippen molar-refractivity contribution in [2.45, 2.75) is 46.3 Å². The van der Waals surface area contributed by atoms with Crippen molar-refractivity contribution in [1.82, 2.24) is 24.4 Å². The molecule has 4 aromatic rings. The van der Waals surface area contributed by atoms with Gasteiger partial charge in [-0.15, -0.1) is 0 Å². The first-order valence-corrected chi connectivity index (χ1v) is 13.2. The highest BCUT2D eigenvalue weighted by molar-refractivity contribution is 5.95. The average Bonchev–Trinajstić information content (AvgIpc) is 3.29. The molecule has 0 saturated carbocycles. The topological polar surface area (TPSA) is 88.4 Å². The third kappa shape index (κ3) is 5.79. The Hall–Kier alpha value is -4.21. The van der Waals surface area contributed by atoms with Gasteiger partial charge in [-0.05, 0) is 52.8 Å². The summed E-state index contributed by atoms with van der Waals surface area (Å²) < 4.78 is 22.5. The van der Waals surface area contributed by atoms with E-state index in [4.69, 9.17) is 4.74 Å². The Morgan fingerprint density at radius 1 is 1.03 bits per heavy atom. The maximum Gasteiger partial charge on any atom is 0.410 e. The Kier molecular flexibility index (Phi) is 7.12. The van der Waals surface area contributed by atoms with Gasteiger partial charge >= 0.3 is 6.09 Å². The van der Waals surface area contributed by atoms with Crippen LogP contribution in [-0.4, -0.2) is 62.3 Å². The van der Waals surface area contributed by atoms with Crippen molar-refractivity contribution in [3.05, 3.63) is 60.8 Å². The summed E-state index contributed by atoms with van der Waals surface area (Å²) in [4.78, 5) is 29.4.